The summed E-state index contributed by atoms with van der Waals surface area (Å²) in [5.41, 5.74) is 9.94. The van der Waals surface area contributed by atoms with Gasteiger partial charge in [0, 0.05) is 0 Å². The smallest absolute Gasteiger partial charge is 0.00651 e. The van der Waals surface area contributed by atoms with E-state index >= 15 is 0 Å². The minimum atomic E-state index is -0.329. The minimum absolute atomic E-state index is 0.295. The summed E-state index contributed by atoms with van der Waals surface area (Å²) in [5.74, 6) is 0. The fourth-order valence-corrected chi connectivity index (χ4v) is 17.8. The van der Waals surface area contributed by atoms with Gasteiger partial charge in [-0.1, -0.05) is 130 Å². The Hall–Kier alpha value is -2.26. The molecule has 2 saturated carbocycles. The third-order valence-electron chi connectivity index (χ3n) is 9.12. The van der Waals surface area contributed by atoms with E-state index in [0.717, 1.165) is 11.3 Å². The molecule has 0 heterocycles. The molecule has 40 heavy (non-hydrogen) atoms. The Morgan fingerprint density at radius 2 is 1.15 bits per heavy atom. The van der Waals surface area contributed by atoms with E-state index < -0.39 is 0 Å². The molecule has 0 unspecified atom stereocenters. The van der Waals surface area contributed by atoms with Crippen LogP contribution in [0.25, 0.3) is 22.3 Å². The van der Waals surface area contributed by atoms with Crippen molar-refractivity contribution in [2.24, 2.45) is 0 Å². The van der Waals surface area contributed by atoms with Crippen molar-refractivity contribution < 1.29 is 0 Å². The predicted molar refractivity (Wildman–Crippen MR) is 179 cm³/mol. The van der Waals surface area contributed by atoms with Crippen LogP contribution < -0.4 is 10.6 Å². The van der Waals surface area contributed by atoms with Crippen LogP contribution in [0.2, 0.25) is 0 Å². The first kappa shape index (κ1) is 27.9. The Morgan fingerprint density at radius 1 is 0.550 bits per heavy atom. The zero-order valence-electron chi connectivity index (χ0n) is 24.3. The molecule has 2 aliphatic carbocycles. The van der Waals surface area contributed by atoms with Crippen LogP contribution in [-0.4, -0.2) is 11.3 Å². The van der Waals surface area contributed by atoms with Crippen molar-refractivity contribution >= 4 is 25.8 Å². The molecule has 0 aliphatic heterocycles. The lowest BCUT2D eigenvalue weighted by atomic mass is 9.97. The van der Waals surface area contributed by atoms with Crippen molar-refractivity contribution in [3.63, 3.8) is 0 Å². The normalized spacial score (nSPS) is 18.4. The quantitative estimate of drug-likeness (QED) is 0.197. The highest BCUT2D eigenvalue weighted by molar-refractivity contribution is 8.36. The van der Waals surface area contributed by atoms with Gasteiger partial charge in [0.25, 0.3) is 0 Å². The van der Waals surface area contributed by atoms with E-state index in [9.17, 15) is 0 Å². The molecule has 0 bridgehead atoms. The summed E-state index contributed by atoms with van der Waals surface area (Å²) in [6.07, 6.45) is 14.1. The largest absolute Gasteiger partial charge is 0.0622 e. The molecule has 2 atom stereocenters. The van der Waals surface area contributed by atoms with E-state index in [4.69, 9.17) is 0 Å². The predicted octanol–water partition coefficient (Wildman–Crippen LogP) is 10.9. The number of hydrogen-bond acceptors (Lipinski definition) is 0. The summed E-state index contributed by atoms with van der Waals surface area (Å²) in [5, 5.41) is 3.33. The Labute approximate surface area is 245 Å². The highest BCUT2D eigenvalue weighted by Crippen LogP contribution is 2.76. The topological polar surface area (TPSA) is 0 Å². The Kier molecular flexibility index (Phi) is 9.17. The molecule has 1 radical (unpaired) electrons. The van der Waals surface area contributed by atoms with Gasteiger partial charge in [-0.15, -0.1) is 0 Å². The lowest BCUT2D eigenvalue weighted by Crippen LogP contribution is -2.25. The first-order valence-electron chi connectivity index (χ1n) is 15.5. The molecule has 0 N–H and O–H groups in total. The number of rotatable bonds is 7. The fraction of sp³-hybridized carbons (Fsp3) is 0.368. The lowest BCUT2D eigenvalue weighted by Gasteiger charge is -2.43. The summed E-state index contributed by atoms with van der Waals surface area (Å²) >= 11 is 0. The van der Waals surface area contributed by atoms with E-state index in [1.807, 2.05) is 0 Å². The highest BCUT2D eigenvalue weighted by atomic mass is 32.1. The van der Waals surface area contributed by atoms with Crippen molar-refractivity contribution in [1.29, 1.82) is 0 Å². The second-order valence-corrected chi connectivity index (χ2v) is 18.3. The standard InChI is InChI=1S/C38H43P2/c1-29-15-12-13-23-36(29)38-30(2)16-14-24-37(38)40(34-21-10-5-11-22-34)39(33-19-8-4-9-20-33)35-27-25-32(26-28-35)31-17-6-3-7-18-31/h3,6-7,12-18,24-28,33-34H,4-5,8-11,19-22H2,1-2H3/t39-,40-/m1/s1. The summed E-state index contributed by atoms with van der Waals surface area (Å²) in [7, 11) is -0.624. The molecule has 2 heteroatoms. The average molecular weight is 562 g/mol. The SMILES string of the molecule is Cc1ccc[c]c1-c1c(C)cccc1[P@@](C1CCCCC1)[P@@](c1ccc(-c2ccccc2)cc1)C1CCCCC1. The molecular formula is C38H43P2. The summed E-state index contributed by atoms with van der Waals surface area (Å²) in [6.45, 7) is 4.61. The number of benzene rings is 4. The minimum Gasteiger partial charge on any atom is -0.0622 e. The third-order valence-corrected chi connectivity index (χ3v) is 18.4. The Balaban J connectivity index is 1.51. The van der Waals surface area contributed by atoms with E-state index in [-0.39, 0.29) is 15.2 Å². The van der Waals surface area contributed by atoms with Crippen LogP contribution in [0.3, 0.4) is 0 Å². The van der Waals surface area contributed by atoms with Gasteiger partial charge in [0.15, 0.2) is 0 Å². The first-order valence-corrected chi connectivity index (χ1v) is 19.0. The van der Waals surface area contributed by atoms with Gasteiger partial charge in [-0.25, -0.2) is 0 Å². The van der Waals surface area contributed by atoms with Crippen LogP contribution in [0, 0.1) is 19.9 Å². The van der Waals surface area contributed by atoms with Crippen molar-refractivity contribution in [3.8, 4) is 22.3 Å². The van der Waals surface area contributed by atoms with Crippen molar-refractivity contribution in [2.45, 2.75) is 89.4 Å². The molecule has 205 valence electrons. The summed E-state index contributed by atoms with van der Waals surface area (Å²) in [4.78, 5) is 0. The van der Waals surface area contributed by atoms with E-state index in [0.29, 0.717) is 0 Å². The molecule has 4 aromatic rings. The van der Waals surface area contributed by atoms with Crippen LogP contribution in [0.4, 0.5) is 0 Å². The zero-order valence-corrected chi connectivity index (χ0v) is 26.1. The lowest BCUT2D eigenvalue weighted by molar-refractivity contribution is 0.509. The molecule has 0 amide bonds. The summed E-state index contributed by atoms with van der Waals surface area (Å²) in [6, 6.07) is 38.3. The maximum absolute atomic E-state index is 3.69. The molecule has 0 spiro atoms. The maximum atomic E-state index is 3.69. The van der Waals surface area contributed by atoms with Gasteiger partial charge < -0.3 is 0 Å². The molecule has 4 aromatic carbocycles. The molecule has 2 aliphatic rings. The van der Waals surface area contributed by atoms with E-state index in [1.54, 1.807) is 10.6 Å². The van der Waals surface area contributed by atoms with Gasteiger partial charge in [-0.3, -0.25) is 0 Å². The molecule has 0 aromatic heterocycles. The van der Waals surface area contributed by atoms with Crippen LogP contribution in [-0.2, 0) is 0 Å². The molecule has 2 fully saturated rings. The fourth-order valence-electron chi connectivity index (χ4n) is 7.05. The van der Waals surface area contributed by atoms with Crippen LogP contribution in [0.1, 0.15) is 75.3 Å². The third kappa shape index (κ3) is 6.01. The number of aryl methyl sites for hydroxylation is 2. The van der Waals surface area contributed by atoms with Gasteiger partial charge in [0.2, 0.25) is 0 Å². The Morgan fingerprint density at radius 3 is 1.80 bits per heavy atom. The van der Waals surface area contributed by atoms with Crippen molar-refractivity contribution in [2.75, 3.05) is 0 Å². The van der Waals surface area contributed by atoms with Gasteiger partial charge in [0.1, 0.15) is 0 Å². The van der Waals surface area contributed by atoms with Crippen molar-refractivity contribution in [3.05, 3.63) is 108 Å². The zero-order chi connectivity index (χ0) is 27.3. The van der Waals surface area contributed by atoms with Crippen LogP contribution in [0.5, 0.6) is 0 Å². The molecular weight excluding hydrogens is 518 g/mol. The summed E-state index contributed by atoms with van der Waals surface area (Å²) < 4.78 is 0. The second-order valence-electron chi connectivity index (χ2n) is 11.9. The van der Waals surface area contributed by atoms with E-state index in [1.165, 1.54) is 97.6 Å². The van der Waals surface area contributed by atoms with Crippen molar-refractivity contribution in [1.82, 2.24) is 0 Å². The van der Waals surface area contributed by atoms with Crippen LogP contribution >= 0.6 is 15.2 Å². The number of hydrogen-bond donors (Lipinski definition) is 0. The first-order chi connectivity index (χ1) is 19.7. The highest BCUT2D eigenvalue weighted by Gasteiger charge is 2.38. The van der Waals surface area contributed by atoms with Gasteiger partial charge in [-0.05, 0) is 116 Å². The monoisotopic (exact) mass is 561 g/mol. The Bertz CT molecular complexity index is 1380. The van der Waals surface area contributed by atoms with Gasteiger partial charge in [-0.2, -0.15) is 0 Å². The average Bonchev–Trinajstić information content (AvgIpc) is 3.02. The molecule has 6 rings (SSSR count). The van der Waals surface area contributed by atoms with Gasteiger partial charge in [0.05, 0.1) is 0 Å². The van der Waals surface area contributed by atoms with E-state index in [2.05, 4.69) is 111 Å². The maximum Gasteiger partial charge on any atom is -0.00651 e. The van der Waals surface area contributed by atoms with Gasteiger partial charge >= 0.3 is 0 Å². The second kappa shape index (κ2) is 13.1. The van der Waals surface area contributed by atoms with Crippen LogP contribution in [0.15, 0.2) is 91.0 Å². The molecule has 0 nitrogen and oxygen atoms in total. The molecule has 0 saturated heterocycles.